The number of hydrogen-bond acceptors (Lipinski definition) is 3. The van der Waals surface area contributed by atoms with Gasteiger partial charge in [0.1, 0.15) is 5.54 Å². The average molecular weight is 268 g/mol. The van der Waals surface area contributed by atoms with Crippen molar-refractivity contribution in [3.63, 3.8) is 0 Å². The quantitative estimate of drug-likeness (QED) is 0.820. The maximum absolute atomic E-state index is 11.2. The van der Waals surface area contributed by atoms with Gasteiger partial charge >= 0.3 is 5.97 Å². The first-order valence-corrected chi connectivity index (χ1v) is 7.70. The molecule has 19 heavy (non-hydrogen) atoms. The highest BCUT2D eigenvalue weighted by Gasteiger charge is 2.44. The third-order valence-electron chi connectivity index (χ3n) is 5.50. The molecule has 2 atom stereocenters. The first kappa shape index (κ1) is 14.8. The van der Waals surface area contributed by atoms with E-state index >= 15 is 0 Å². The molecule has 110 valence electrons. The van der Waals surface area contributed by atoms with E-state index in [2.05, 4.69) is 18.9 Å². The van der Waals surface area contributed by atoms with Crippen LogP contribution >= 0.6 is 0 Å². The standard InChI is InChI=1S/C15H28N2O2/c1-3-11-4-6-12(7-5-11)17(2)13-8-9-15(16,10-13)14(18)19/h11-13H,3-10,16H2,1-2H3,(H,18,19). The summed E-state index contributed by atoms with van der Waals surface area (Å²) in [6.45, 7) is 2.28. The van der Waals surface area contributed by atoms with Crippen LogP contribution in [0.1, 0.15) is 58.3 Å². The SMILES string of the molecule is CCC1CCC(N(C)C2CCC(N)(C(=O)O)C2)CC1. The third kappa shape index (κ3) is 3.11. The fraction of sp³-hybridized carbons (Fsp3) is 0.933. The van der Waals surface area contributed by atoms with Crippen molar-refractivity contribution < 1.29 is 9.90 Å². The average Bonchev–Trinajstić information content (AvgIpc) is 2.82. The molecular formula is C15H28N2O2. The monoisotopic (exact) mass is 268 g/mol. The van der Waals surface area contributed by atoms with Gasteiger partial charge in [-0.15, -0.1) is 0 Å². The summed E-state index contributed by atoms with van der Waals surface area (Å²) >= 11 is 0. The highest BCUT2D eigenvalue weighted by atomic mass is 16.4. The van der Waals surface area contributed by atoms with Crippen molar-refractivity contribution in [1.82, 2.24) is 4.90 Å². The van der Waals surface area contributed by atoms with Gasteiger partial charge in [-0.25, -0.2) is 0 Å². The maximum Gasteiger partial charge on any atom is 0.323 e. The molecule has 0 radical (unpaired) electrons. The summed E-state index contributed by atoms with van der Waals surface area (Å²) in [7, 11) is 2.16. The molecule has 4 heteroatoms. The maximum atomic E-state index is 11.2. The van der Waals surface area contributed by atoms with E-state index in [0.29, 0.717) is 24.9 Å². The summed E-state index contributed by atoms with van der Waals surface area (Å²) in [5.41, 5.74) is 4.99. The molecule has 0 saturated heterocycles. The van der Waals surface area contributed by atoms with Crippen LogP contribution in [0.15, 0.2) is 0 Å². The molecule has 2 unspecified atom stereocenters. The van der Waals surface area contributed by atoms with Crippen LogP contribution in [0.3, 0.4) is 0 Å². The van der Waals surface area contributed by atoms with Crippen LogP contribution in [0.5, 0.6) is 0 Å². The molecule has 0 heterocycles. The normalized spacial score (nSPS) is 39.7. The van der Waals surface area contributed by atoms with Gasteiger partial charge in [-0.3, -0.25) is 4.79 Å². The predicted molar refractivity (Wildman–Crippen MR) is 76.0 cm³/mol. The summed E-state index contributed by atoms with van der Waals surface area (Å²) in [4.78, 5) is 13.6. The zero-order valence-corrected chi connectivity index (χ0v) is 12.3. The molecule has 0 amide bonds. The molecule has 0 spiro atoms. The van der Waals surface area contributed by atoms with Crippen LogP contribution in [0, 0.1) is 5.92 Å². The van der Waals surface area contributed by atoms with E-state index in [9.17, 15) is 9.90 Å². The van der Waals surface area contributed by atoms with Gasteiger partial charge in [0.2, 0.25) is 0 Å². The van der Waals surface area contributed by atoms with Crippen molar-refractivity contribution >= 4 is 5.97 Å². The number of carboxylic acids is 1. The predicted octanol–water partition coefficient (Wildman–Crippen LogP) is 2.22. The largest absolute Gasteiger partial charge is 0.480 e. The molecule has 2 aliphatic rings. The number of nitrogens with zero attached hydrogens (tertiary/aromatic N) is 1. The Hall–Kier alpha value is -0.610. The van der Waals surface area contributed by atoms with E-state index in [1.807, 2.05) is 0 Å². The number of aliphatic carboxylic acids is 1. The summed E-state index contributed by atoms with van der Waals surface area (Å²) in [5.74, 6) is 0.0685. The number of hydrogen-bond donors (Lipinski definition) is 2. The van der Waals surface area contributed by atoms with Crippen LogP contribution < -0.4 is 5.73 Å². The van der Waals surface area contributed by atoms with Crippen molar-refractivity contribution in [2.24, 2.45) is 11.7 Å². The number of nitrogens with two attached hydrogens (primary N) is 1. The number of carbonyl (C=O) groups is 1. The van der Waals surface area contributed by atoms with E-state index in [0.717, 1.165) is 12.3 Å². The Labute approximate surface area is 116 Å². The van der Waals surface area contributed by atoms with Crippen LogP contribution in [-0.4, -0.2) is 40.6 Å². The summed E-state index contributed by atoms with van der Waals surface area (Å²) in [6.07, 6.45) is 8.61. The zero-order chi connectivity index (χ0) is 14.0. The second-order valence-corrected chi connectivity index (χ2v) is 6.61. The van der Waals surface area contributed by atoms with Gasteiger partial charge in [-0.2, -0.15) is 0 Å². The molecule has 2 rings (SSSR count). The summed E-state index contributed by atoms with van der Waals surface area (Å²) in [5, 5.41) is 9.21. The lowest BCUT2D eigenvalue weighted by Gasteiger charge is -2.38. The second kappa shape index (κ2) is 5.80. The van der Waals surface area contributed by atoms with E-state index in [1.54, 1.807) is 0 Å². The van der Waals surface area contributed by atoms with Crippen LogP contribution in [0.4, 0.5) is 0 Å². The van der Waals surface area contributed by atoms with Crippen molar-refractivity contribution in [2.75, 3.05) is 7.05 Å². The molecule has 0 bridgehead atoms. The van der Waals surface area contributed by atoms with E-state index < -0.39 is 11.5 Å². The number of carboxylic acid groups (broad SMARTS) is 1. The van der Waals surface area contributed by atoms with Crippen LogP contribution in [0.2, 0.25) is 0 Å². The van der Waals surface area contributed by atoms with Gasteiger partial charge in [-0.05, 0) is 57.9 Å². The lowest BCUT2D eigenvalue weighted by molar-refractivity contribution is -0.143. The second-order valence-electron chi connectivity index (χ2n) is 6.61. The van der Waals surface area contributed by atoms with Crippen molar-refractivity contribution in [2.45, 2.75) is 75.9 Å². The van der Waals surface area contributed by atoms with Gasteiger partial charge < -0.3 is 15.7 Å². The van der Waals surface area contributed by atoms with Gasteiger partial charge in [0.25, 0.3) is 0 Å². The lowest BCUT2D eigenvalue weighted by atomic mass is 9.83. The summed E-state index contributed by atoms with van der Waals surface area (Å²) in [6, 6.07) is 0.980. The van der Waals surface area contributed by atoms with Gasteiger partial charge in [-0.1, -0.05) is 13.3 Å². The minimum Gasteiger partial charge on any atom is -0.480 e. The van der Waals surface area contributed by atoms with Crippen LogP contribution in [0.25, 0.3) is 0 Å². The summed E-state index contributed by atoms with van der Waals surface area (Å²) < 4.78 is 0. The Balaban J connectivity index is 1.88. The first-order valence-electron chi connectivity index (χ1n) is 7.70. The van der Waals surface area contributed by atoms with Crippen molar-refractivity contribution in [1.29, 1.82) is 0 Å². The molecule has 2 fully saturated rings. The first-order chi connectivity index (χ1) is 8.96. The zero-order valence-electron chi connectivity index (χ0n) is 12.3. The topological polar surface area (TPSA) is 66.6 Å². The van der Waals surface area contributed by atoms with Gasteiger partial charge in [0, 0.05) is 12.1 Å². The molecule has 3 N–H and O–H groups in total. The van der Waals surface area contributed by atoms with Crippen molar-refractivity contribution in [3.05, 3.63) is 0 Å². The lowest BCUT2D eigenvalue weighted by Crippen LogP contribution is -2.48. The van der Waals surface area contributed by atoms with Crippen LogP contribution in [-0.2, 0) is 4.79 Å². The Morgan fingerprint density at radius 1 is 1.26 bits per heavy atom. The highest BCUT2D eigenvalue weighted by molar-refractivity contribution is 5.79. The fourth-order valence-electron chi connectivity index (χ4n) is 3.85. The highest BCUT2D eigenvalue weighted by Crippen LogP contribution is 2.35. The minimum atomic E-state index is -0.987. The Bertz CT molecular complexity index is 326. The van der Waals surface area contributed by atoms with E-state index in [-0.39, 0.29) is 0 Å². The molecule has 0 aliphatic heterocycles. The molecule has 2 saturated carbocycles. The number of rotatable bonds is 4. The molecule has 0 aromatic heterocycles. The smallest absolute Gasteiger partial charge is 0.323 e. The Morgan fingerprint density at radius 2 is 1.89 bits per heavy atom. The van der Waals surface area contributed by atoms with E-state index in [4.69, 9.17) is 5.73 Å². The molecule has 2 aliphatic carbocycles. The van der Waals surface area contributed by atoms with Crippen molar-refractivity contribution in [3.8, 4) is 0 Å². The Kier molecular flexibility index (Phi) is 4.51. The molecule has 0 aromatic rings. The molecular weight excluding hydrogens is 240 g/mol. The van der Waals surface area contributed by atoms with Gasteiger partial charge in [0.15, 0.2) is 0 Å². The molecule has 4 nitrogen and oxygen atoms in total. The Morgan fingerprint density at radius 3 is 2.37 bits per heavy atom. The minimum absolute atomic E-state index is 0.351. The third-order valence-corrected chi connectivity index (χ3v) is 5.50. The molecule has 0 aromatic carbocycles. The fourth-order valence-corrected chi connectivity index (χ4v) is 3.85. The van der Waals surface area contributed by atoms with Gasteiger partial charge in [0.05, 0.1) is 0 Å². The van der Waals surface area contributed by atoms with E-state index in [1.165, 1.54) is 32.1 Å².